The molecule has 0 aliphatic carbocycles. The van der Waals surface area contributed by atoms with Gasteiger partial charge in [0.15, 0.2) is 6.23 Å². The first-order valence-electron chi connectivity index (χ1n) is 6.62. The van der Waals surface area contributed by atoms with E-state index in [0.29, 0.717) is 0 Å². The lowest BCUT2D eigenvalue weighted by molar-refractivity contribution is -0.261. The summed E-state index contributed by atoms with van der Waals surface area (Å²) in [6, 6.07) is 0. The molecule has 0 aromatic rings. The van der Waals surface area contributed by atoms with Crippen LogP contribution in [0.5, 0.6) is 0 Å². The summed E-state index contributed by atoms with van der Waals surface area (Å²) in [5.74, 6) is -1.57. The van der Waals surface area contributed by atoms with E-state index in [1.807, 2.05) is 0 Å². The van der Waals surface area contributed by atoms with E-state index in [4.69, 9.17) is 21.3 Å². The minimum atomic E-state index is -1.62. The summed E-state index contributed by atoms with van der Waals surface area (Å²) in [6.07, 6.45) is -5.57. The van der Waals surface area contributed by atoms with E-state index < -0.39 is 49.1 Å². The highest BCUT2D eigenvalue weighted by Gasteiger charge is 2.46. The van der Waals surface area contributed by atoms with Crippen molar-refractivity contribution in [2.45, 2.75) is 30.6 Å². The number of nitrogens with zero attached hydrogens (tertiary/aromatic N) is 1. The number of ether oxygens (including phenoxy) is 1. The van der Waals surface area contributed by atoms with Crippen molar-refractivity contribution in [3.63, 3.8) is 0 Å². The molecule has 0 aromatic heterocycles. The lowest BCUT2D eigenvalue weighted by Crippen LogP contribution is -2.64. The second-order valence-corrected chi connectivity index (χ2v) is 4.78. The maximum absolute atomic E-state index is 12.0. The van der Waals surface area contributed by atoms with Crippen molar-refractivity contribution in [3.8, 4) is 0 Å². The Balaban J connectivity index is 2.98. The van der Waals surface area contributed by atoms with Crippen LogP contribution in [-0.4, -0.2) is 87.5 Å². The quantitative estimate of drug-likeness (QED) is 0.265. The van der Waals surface area contributed by atoms with Crippen LogP contribution in [0.25, 0.3) is 0 Å². The Bertz CT molecular complexity index is 429. The predicted octanol–water partition coefficient (Wildman–Crippen LogP) is -4.38. The summed E-state index contributed by atoms with van der Waals surface area (Å²) in [4.78, 5) is 23.7. The molecule has 1 rings (SSSR count). The number of primary amides is 1. The average Bonchev–Trinajstić information content (AvgIpc) is 2.49. The molecule has 126 valence electrons. The molecule has 8 N–H and O–H groups in total. The Hall–Kier alpha value is -1.56. The molecule has 1 saturated heterocycles. The summed E-state index contributed by atoms with van der Waals surface area (Å²) in [5, 5.41) is 38.5. The average molecular weight is 319 g/mol. The van der Waals surface area contributed by atoms with Gasteiger partial charge in [0.1, 0.15) is 24.4 Å². The van der Waals surface area contributed by atoms with Crippen molar-refractivity contribution < 1.29 is 34.8 Å². The number of nitrogens with two attached hydrogens (primary N) is 2. The van der Waals surface area contributed by atoms with Gasteiger partial charge in [-0.25, -0.2) is 0 Å². The van der Waals surface area contributed by atoms with E-state index in [0.717, 1.165) is 17.1 Å². The van der Waals surface area contributed by atoms with Gasteiger partial charge in [-0.3, -0.25) is 9.59 Å². The minimum Gasteiger partial charge on any atom is -0.394 e. The smallest absolute Gasteiger partial charge is 0.248 e. The van der Waals surface area contributed by atoms with E-state index in [9.17, 15) is 24.9 Å². The number of aliphatic hydroxyl groups excluding tert-OH is 4. The summed E-state index contributed by atoms with van der Waals surface area (Å²) in [7, 11) is 0. The molecule has 10 nitrogen and oxygen atoms in total. The van der Waals surface area contributed by atoms with E-state index >= 15 is 0 Å². The number of amides is 2. The van der Waals surface area contributed by atoms with Crippen molar-refractivity contribution in [2.75, 3.05) is 19.7 Å². The lowest BCUT2D eigenvalue weighted by Gasteiger charge is -2.44. The van der Waals surface area contributed by atoms with Gasteiger partial charge in [-0.05, 0) is 0 Å². The third kappa shape index (κ3) is 4.22. The highest BCUT2D eigenvalue weighted by Crippen LogP contribution is 2.23. The van der Waals surface area contributed by atoms with Gasteiger partial charge in [0.05, 0.1) is 6.61 Å². The second kappa shape index (κ2) is 8.17. The van der Waals surface area contributed by atoms with E-state index in [1.54, 1.807) is 0 Å². The fourth-order valence-corrected chi connectivity index (χ4v) is 2.09. The van der Waals surface area contributed by atoms with Crippen LogP contribution in [0.2, 0.25) is 0 Å². The molecule has 0 radical (unpaired) electrons. The number of carbonyl (C=O) groups excluding carboxylic acids is 2. The summed E-state index contributed by atoms with van der Waals surface area (Å²) in [5.41, 5.74) is 10.3. The van der Waals surface area contributed by atoms with Gasteiger partial charge in [0, 0.05) is 25.2 Å². The van der Waals surface area contributed by atoms with Crippen molar-refractivity contribution in [1.29, 1.82) is 0 Å². The first-order valence-corrected chi connectivity index (χ1v) is 6.62. The van der Waals surface area contributed by atoms with Crippen molar-refractivity contribution in [1.82, 2.24) is 4.90 Å². The molecule has 0 aromatic carbocycles. The first-order chi connectivity index (χ1) is 10.3. The van der Waals surface area contributed by atoms with Crippen LogP contribution in [0.3, 0.4) is 0 Å². The largest absolute Gasteiger partial charge is 0.394 e. The monoisotopic (exact) mass is 319 g/mol. The molecule has 10 heteroatoms. The van der Waals surface area contributed by atoms with E-state index in [1.165, 1.54) is 0 Å². The van der Waals surface area contributed by atoms with Gasteiger partial charge in [0.2, 0.25) is 11.8 Å². The summed E-state index contributed by atoms with van der Waals surface area (Å²) < 4.78 is 5.26. The second-order valence-electron chi connectivity index (χ2n) is 4.78. The SMILES string of the molecule is NCCN(C(=O)/C=C\C(N)=O)C1O[C@H](CO)[C@@H](O)[C@H](O)[C@H]1O. The zero-order valence-corrected chi connectivity index (χ0v) is 11.8. The van der Waals surface area contributed by atoms with Gasteiger partial charge < -0.3 is 41.5 Å². The maximum Gasteiger partial charge on any atom is 0.248 e. The zero-order chi connectivity index (χ0) is 16.9. The third-order valence-corrected chi connectivity index (χ3v) is 3.22. The number of hydrogen-bond donors (Lipinski definition) is 6. The van der Waals surface area contributed by atoms with Crippen LogP contribution >= 0.6 is 0 Å². The normalized spacial score (nSPS) is 32.1. The molecule has 1 unspecified atom stereocenters. The number of rotatable bonds is 6. The molecule has 0 spiro atoms. The Morgan fingerprint density at radius 2 is 1.77 bits per heavy atom. The molecule has 0 bridgehead atoms. The Labute approximate surface area is 126 Å². The fourth-order valence-electron chi connectivity index (χ4n) is 2.09. The molecular formula is C12H21N3O7. The standard InChI is InChI=1S/C12H21N3O7/c13-3-4-15(8(18)2-1-7(14)17)12-11(21)10(20)9(19)6(5-16)22-12/h1-2,6,9-12,16,19-21H,3-5,13H2,(H2,14,17)/b2-1-/t6-,9-,10+,11-,12?/m1/s1. The molecule has 1 aliphatic rings. The predicted molar refractivity (Wildman–Crippen MR) is 72.9 cm³/mol. The van der Waals surface area contributed by atoms with Crippen LogP contribution in [0.15, 0.2) is 12.2 Å². The summed E-state index contributed by atoms with van der Waals surface area (Å²) >= 11 is 0. The maximum atomic E-state index is 12.0. The third-order valence-electron chi connectivity index (χ3n) is 3.22. The zero-order valence-electron chi connectivity index (χ0n) is 11.8. The number of carbonyl (C=O) groups is 2. The highest BCUT2D eigenvalue weighted by molar-refractivity contribution is 5.96. The topological polar surface area (TPSA) is 180 Å². The summed E-state index contributed by atoms with van der Waals surface area (Å²) in [6.45, 7) is -0.654. The number of hydrogen-bond acceptors (Lipinski definition) is 8. The Morgan fingerprint density at radius 3 is 2.27 bits per heavy atom. The van der Waals surface area contributed by atoms with Crippen LogP contribution in [-0.2, 0) is 14.3 Å². The van der Waals surface area contributed by atoms with Gasteiger partial charge in [0.25, 0.3) is 0 Å². The first kappa shape index (κ1) is 18.5. The van der Waals surface area contributed by atoms with Gasteiger partial charge in [-0.1, -0.05) is 0 Å². The Kier molecular flexibility index (Phi) is 6.87. The van der Waals surface area contributed by atoms with Crippen LogP contribution in [0, 0.1) is 0 Å². The van der Waals surface area contributed by atoms with Crippen LogP contribution in [0.4, 0.5) is 0 Å². The Morgan fingerprint density at radius 1 is 1.14 bits per heavy atom. The lowest BCUT2D eigenvalue weighted by atomic mass is 9.97. The minimum absolute atomic E-state index is 0.0190. The van der Waals surface area contributed by atoms with Crippen molar-refractivity contribution >= 4 is 11.8 Å². The molecule has 1 heterocycles. The molecule has 22 heavy (non-hydrogen) atoms. The molecule has 5 atom stereocenters. The fraction of sp³-hybridized carbons (Fsp3) is 0.667. The van der Waals surface area contributed by atoms with Gasteiger partial charge >= 0.3 is 0 Å². The molecule has 1 fully saturated rings. The van der Waals surface area contributed by atoms with Gasteiger partial charge in [-0.15, -0.1) is 0 Å². The highest BCUT2D eigenvalue weighted by atomic mass is 16.6. The van der Waals surface area contributed by atoms with E-state index in [-0.39, 0.29) is 13.1 Å². The molecular weight excluding hydrogens is 298 g/mol. The molecule has 2 amide bonds. The van der Waals surface area contributed by atoms with Crippen LogP contribution < -0.4 is 11.5 Å². The number of aliphatic hydroxyl groups is 4. The van der Waals surface area contributed by atoms with Crippen molar-refractivity contribution in [3.05, 3.63) is 12.2 Å². The molecule has 1 aliphatic heterocycles. The van der Waals surface area contributed by atoms with Crippen molar-refractivity contribution in [2.24, 2.45) is 11.5 Å². The van der Waals surface area contributed by atoms with Gasteiger partial charge in [-0.2, -0.15) is 0 Å². The van der Waals surface area contributed by atoms with E-state index in [2.05, 4.69) is 0 Å². The van der Waals surface area contributed by atoms with Crippen LogP contribution in [0.1, 0.15) is 0 Å². The molecule has 0 saturated carbocycles.